The number of methoxy groups -OCH3 is 1. The normalized spacial score (nSPS) is 18.9. The maximum atomic E-state index is 13.3. The molecule has 1 fully saturated rings. The molecule has 41 heavy (non-hydrogen) atoms. The minimum atomic E-state index is -0.447. The third kappa shape index (κ3) is 6.80. The molecule has 9 heteroatoms. The van der Waals surface area contributed by atoms with E-state index in [1.807, 2.05) is 72.8 Å². The van der Waals surface area contributed by atoms with Crippen molar-refractivity contribution < 1.29 is 28.6 Å². The molecule has 0 saturated carbocycles. The smallest absolute Gasteiger partial charge is 0.410 e. The number of esters is 1. The summed E-state index contributed by atoms with van der Waals surface area (Å²) in [6.07, 6.45) is 1.48. The molecule has 3 aromatic rings. The van der Waals surface area contributed by atoms with Gasteiger partial charge in [-0.15, -0.1) is 0 Å². The number of benzene rings is 3. The van der Waals surface area contributed by atoms with E-state index in [0.29, 0.717) is 18.7 Å². The Morgan fingerprint density at radius 1 is 0.927 bits per heavy atom. The van der Waals surface area contributed by atoms with Crippen molar-refractivity contribution in [1.82, 2.24) is 10.2 Å². The summed E-state index contributed by atoms with van der Waals surface area (Å²) in [5.74, 6) is -0.308. The molecule has 9 nitrogen and oxygen atoms in total. The molecule has 0 radical (unpaired) electrons. The van der Waals surface area contributed by atoms with Gasteiger partial charge in [0.1, 0.15) is 13.2 Å². The van der Waals surface area contributed by atoms with Crippen molar-refractivity contribution in [3.05, 3.63) is 101 Å². The van der Waals surface area contributed by atoms with Gasteiger partial charge in [-0.3, -0.25) is 0 Å². The predicted octanol–water partition coefficient (Wildman–Crippen LogP) is 5.67. The Morgan fingerprint density at radius 3 is 2.29 bits per heavy atom. The first-order valence-corrected chi connectivity index (χ1v) is 13.9. The number of hydrogen-bond donors (Lipinski definition) is 2. The number of anilines is 1. The van der Waals surface area contributed by atoms with Crippen LogP contribution in [0, 0.1) is 5.92 Å². The monoisotopic (exact) mass is 557 g/mol. The molecular weight excluding hydrogens is 522 g/mol. The van der Waals surface area contributed by atoms with Gasteiger partial charge in [0, 0.05) is 30.7 Å². The zero-order valence-electron chi connectivity index (χ0n) is 23.1. The van der Waals surface area contributed by atoms with E-state index >= 15 is 0 Å². The molecule has 0 aliphatic carbocycles. The highest BCUT2D eigenvalue weighted by Gasteiger charge is 2.46. The molecule has 3 aromatic carbocycles. The maximum Gasteiger partial charge on any atom is 0.410 e. The third-order valence-corrected chi connectivity index (χ3v) is 7.71. The quantitative estimate of drug-likeness (QED) is 0.198. The van der Waals surface area contributed by atoms with E-state index in [1.165, 1.54) is 7.11 Å². The SMILES string of the molecule is COC(=O)c1ccc2c(c1)C1C(CCN1C(=O)OCc1ccccc1)C(CCCNC(=O)OCc1ccccc1)N2. The number of nitrogens with zero attached hydrogens (tertiary/aromatic N) is 1. The van der Waals surface area contributed by atoms with Crippen molar-refractivity contribution >= 4 is 23.8 Å². The summed E-state index contributed by atoms with van der Waals surface area (Å²) in [6, 6.07) is 24.4. The number of carbonyl (C=O) groups excluding carboxylic acids is 3. The molecular formula is C32H35N3O6. The first-order valence-electron chi connectivity index (χ1n) is 13.9. The molecule has 0 aromatic heterocycles. The van der Waals surface area contributed by atoms with Gasteiger partial charge < -0.3 is 29.7 Å². The van der Waals surface area contributed by atoms with Crippen molar-refractivity contribution in [2.45, 2.75) is 44.6 Å². The zero-order chi connectivity index (χ0) is 28.6. The van der Waals surface area contributed by atoms with Crippen LogP contribution in [0.1, 0.15) is 52.4 Å². The fourth-order valence-electron chi connectivity index (χ4n) is 5.71. The highest BCUT2D eigenvalue weighted by molar-refractivity contribution is 5.90. The standard InChI is InChI=1S/C32H35N3O6/c1-39-30(36)24-14-15-28-26(19-24)29-25(16-18-35(29)32(38)41-21-23-11-6-3-7-12-23)27(34-28)13-8-17-33-31(37)40-20-22-9-4-2-5-10-22/h2-7,9-12,14-15,19,25,27,29,34H,8,13,16-18,20-21H2,1H3,(H,33,37). The lowest BCUT2D eigenvalue weighted by atomic mass is 9.80. The van der Waals surface area contributed by atoms with E-state index in [9.17, 15) is 14.4 Å². The molecule has 2 aliphatic rings. The summed E-state index contributed by atoms with van der Waals surface area (Å²) < 4.78 is 16.0. The molecule has 3 atom stereocenters. The lowest BCUT2D eigenvalue weighted by Gasteiger charge is -2.39. The molecule has 2 N–H and O–H groups in total. The second-order valence-corrected chi connectivity index (χ2v) is 10.3. The van der Waals surface area contributed by atoms with E-state index in [0.717, 1.165) is 41.6 Å². The Kier molecular flexibility index (Phi) is 9.03. The molecule has 3 unspecified atom stereocenters. The summed E-state index contributed by atoms with van der Waals surface area (Å²) in [7, 11) is 1.35. The number of alkyl carbamates (subject to hydrolysis) is 1. The van der Waals surface area contributed by atoms with Crippen LogP contribution in [-0.2, 0) is 27.4 Å². The Hall–Kier alpha value is -4.53. The minimum absolute atomic E-state index is 0.0746. The van der Waals surface area contributed by atoms with Gasteiger partial charge in [-0.1, -0.05) is 60.7 Å². The van der Waals surface area contributed by atoms with Crippen LogP contribution < -0.4 is 10.6 Å². The van der Waals surface area contributed by atoms with Crippen molar-refractivity contribution in [2.75, 3.05) is 25.5 Å². The number of amides is 2. The molecule has 214 valence electrons. The van der Waals surface area contributed by atoms with Crippen molar-refractivity contribution in [2.24, 2.45) is 5.92 Å². The second kappa shape index (κ2) is 13.2. The van der Waals surface area contributed by atoms with E-state index in [4.69, 9.17) is 14.2 Å². The van der Waals surface area contributed by atoms with Gasteiger partial charge in [-0.2, -0.15) is 0 Å². The highest BCUT2D eigenvalue weighted by atomic mass is 16.6. The Bertz CT molecular complexity index is 1350. The van der Waals surface area contributed by atoms with Crippen molar-refractivity contribution in [1.29, 1.82) is 0 Å². The van der Waals surface area contributed by atoms with E-state index < -0.39 is 12.1 Å². The van der Waals surface area contributed by atoms with Gasteiger partial charge in [0.25, 0.3) is 0 Å². The van der Waals surface area contributed by atoms with Crippen molar-refractivity contribution in [3.8, 4) is 0 Å². The maximum absolute atomic E-state index is 13.3. The van der Waals surface area contributed by atoms with E-state index in [1.54, 1.807) is 11.0 Å². The highest BCUT2D eigenvalue weighted by Crippen LogP contribution is 2.47. The van der Waals surface area contributed by atoms with Gasteiger partial charge in [0.15, 0.2) is 0 Å². The van der Waals surface area contributed by atoms with Gasteiger partial charge in [0.2, 0.25) is 0 Å². The average Bonchev–Trinajstić information content (AvgIpc) is 3.47. The van der Waals surface area contributed by atoms with Crippen LogP contribution in [0.15, 0.2) is 78.9 Å². The lowest BCUT2D eigenvalue weighted by molar-refractivity contribution is 0.0600. The van der Waals surface area contributed by atoms with Gasteiger partial charge in [0.05, 0.1) is 18.7 Å². The van der Waals surface area contributed by atoms with Gasteiger partial charge in [-0.25, -0.2) is 14.4 Å². The molecule has 1 saturated heterocycles. The van der Waals surface area contributed by atoms with Crippen LogP contribution in [0.2, 0.25) is 0 Å². The Morgan fingerprint density at radius 2 is 1.61 bits per heavy atom. The summed E-state index contributed by atoms with van der Waals surface area (Å²) in [4.78, 5) is 39.5. The van der Waals surface area contributed by atoms with E-state index in [2.05, 4.69) is 10.6 Å². The average molecular weight is 558 g/mol. The van der Waals surface area contributed by atoms with Crippen LogP contribution in [0.3, 0.4) is 0 Å². The molecule has 2 amide bonds. The third-order valence-electron chi connectivity index (χ3n) is 7.71. The number of rotatable bonds is 9. The topological polar surface area (TPSA) is 106 Å². The molecule has 2 aliphatic heterocycles. The molecule has 0 bridgehead atoms. The van der Waals surface area contributed by atoms with Crippen LogP contribution >= 0.6 is 0 Å². The number of ether oxygens (including phenoxy) is 3. The number of likely N-dealkylation sites (tertiary alicyclic amines) is 1. The van der Waals surface area contributed by atoms with Crippen LogP contribution in [0.25, 0.3) is 0 Å². The Labute approximate surface area is 239 Å². The second-order valence-electron chi connectivity index (χ2n) is 10.3. The predicted molar refractivity (Wildman–Crippen MR) is 153 cm³/mol. The summed E-state index contributed by atoms with van der Waals surface area (Å²) in [6.45, 7) is 1.44. The molecule has 2 heterocycles. The van der Waals surface area contributed by atoms with Crippen molar-refractivity contribution in [3.63, 3.8) is 0 Å². The number of hydrogen-bond acceptors (Lipinski definition) is 7. The summed E-state index contributed by atoms with van der Waals surface area (Å²) in [5, 5.41) is 6.46. The zero-order valence-corrected chi connectivity index (χ0v) is 23.1. The molecule has 5 rings (SSSR count). The van der Waals surface area contributed by atoms with Crippen LogP contribution in [-0.4, -0.2) is 49.3 Å². The molecule has 0 spiro atoms. The number of fused-ring (bicyclic) bond motifs is 3. The first-order chi connectivity index (χ1) is 20.0. The van der Waals surface area contributed by atoms with E-state index in [-0.39, 0.29) is 37.3 Å². The first kappa shape index (κ1) is 28.0. The fourth-order valence-corrected chi connectivity index (χ4v) is 5.71. The van der Waals surface area contributed by atoms with Gasteiger partial charge in [-0.05, 0) is 54.2 Å². The van der Waals surface area contributed by atoms with Gasteiger partial charge >= 0.3 is 18.2 Å². The largest absolute Gasteiger partial charge is 0.465 e. The minimum Gasteiger partial charge on any atom is -0.465 e. The lowest BCUT2D eigenvalue weighted by Crippen LogP contribution is -2.41. The Balaban J connectivity index is 1.23. The fraction of sp³-hybridized carbons (Fsp3) is 0.344. The number of nitrogens with one attached hydrogen (secondary N) is 2. The summed E-state index contributed by atoms with van der Waals surface area (Å²) in [5.41, 5.74) is 4.05. The van der Waals surface area contributed by atoms with Crippen LogP contribution in [0.5, 0.6) is 0 Å². The van der Waals surface area contributed by atoms with Crippen LogP contribution in [0.4, 0.5) is 15.3 Å². The number of carbonyl (C=O) groups is 3. The summed E-state index contributed by atoms with van der Waals surface area (Å²) >= 11 is 0.